The van der Waals surface area contributed by atoms with E-state index in [2.05, 4.69) is 23.6 Å². The van der Waals surface area contributed by atoms with Crippen LogP contribution < -0.4 is 0 Å². The minimum Gasteiger partial charge on any atom is -0.383 e. The summed E-state index contributed by atoms with van der Waals surface area (Å²) in [5.74, 6) is 0.208. The van der Waals surface area contributed by atoms with Crippen molar-refractivity contribution >= 4 is 29.0 Å². The van der Waals surface area contributed by atoms with Crippen LogP contribution in [-0.2, 0) is 9.53 Å². The third kappa shape index (κ3) is 3.00. The van der Waals surface area contributed by atoms with Crippen molar-refractivity contribution in [2.24, 2.45) is 0 Å². The molecule has 0 saturated carbocycles. The van der Waals surface area contributed by atoms with Gasteiger partial charge in [-0.05, 0) is 23.6 Å². The van der Waals surface area contributed by atoms with Crippen LogP contribution in [0.2, 0.25) is 0 Å². The number of benzene rings is 1. The molecule has 1 aromatic carbocycles. The predicted molar refractivity (Wildman–Crippen MR) is 86.7 cm³/mol. The van der Waals surface area contributed by atoms with Gasteiger partial charge in [-0.15, -0.1) is 23.1 Å². The molecule has 21 heavy (non-hydrogen) atoms. The third-order valence-corrected chi connectivity index (χ3v) is 5.73. The molecule has 0 N–H and O–H groups in total. The second-order valence-electron chi connectivity index (χ2n) is 4.84. The highest BCUT2D eigenvalue weighted by Crippen LogP contribution is 2.45. The highest BCUT2D eigenvalue weighted by Gasteiger charge is 2.48. The van der Waals surface area contributed by atoms with E-state index in [1.165, 1.54) is 4.88 Å². The predicted octanol–water partition coefficient (Wildman–Crippen LogP) is 3.44. The van der Waals surface area contributed by atoms with Crippen molar-refractivity contribution in [3.8, 4) is 0 Å². The van der Waals surface area contributed by atoms with Gasteiger partial charge in [-0.1, -0.05) is 24.3 Å². The molecule has 1 fully saturated rings. The first kappa shape index (κ1) is 14.6. The molecule has 2 atom stereocenters. The number of rotatable bonds is 6. The number of likely N-dealkylation sites (tertiary alicyclic amines) is 1. The lowest BCUT2D eigenvalue weighted by atomic mass is 9.99. The molecule has 0 bridgehead atoms. The van der Waals surface area contributed by atoms with Crippen LogP contribution in [0, 0.1) is 0 Å². The number of hydrogen-bond donors (Lipinski definition) is 0. The number of thiophene rings is 1. The monoisotopic (exact) mass is 319 g/mol. The lowest BCUT2D eigenvalue weighted by molar-refractivity contribution is -0.145. The van der Waals surface area contributed by atoms with Gasteiger partial charge >= 0.3 is 0 Å². The summed E-state index contributed by atoms with van der Waals surface area (Å²) in [7, 11) is 1.67. The van der Waals surface area contributed by atoms with Crippen molar-refractivity contribution in [2.75, 3.05) is 20.3 Å². The Morgan fingerprint density at radius 2 is 2.05 bits per heavy atom. The zero-order valence-electron chi connectivity index (χ0n) is 11.8. The Labute approximate surface area is 132 Å². The smallest absolute Gasteiger partial charge is 0.239 e. The topological polar surface area (TPSA) is 29.5 Å². The maximum absolute atomic E-state index is 12.4. The second-order valence-corrected chi connectivity index (χ2v) is 7.03. The van der Waals surface area contributed by atoms with Gasteiger partial charge in [-0.3, -0.25) is 4.79 Å². The fourth-order valence-electron chi connectivity index (χ4n) is 2.48. The zero-order valence-corrected chi connectivity index (χ0v) is 13.4. The van der Waals surface area contributed by atoms with Crippen molar-refractivity contribution < 1.29 is 9.53 Å². The van der Waals surface area contributed by atoms with E-state index < -0.39 is 0 Å². The van der Waals surface area contributed by atoms with Crippen LogP contribution in [0.1, 0.15) is 10.9 Å². The van der Waals surface area contributed by atoms with E-state index in [4.69, 9.17) is 4.74 Å². The summed E-state index contributed by atoms with van der Waals surface area (Å²) in [6.07, 6.45) is 0. The van der Waals surface area contributed by atoms with Gasteiger partial charge in [0.1, 0.15) is 5.25 Å². The van der Waals surface area contributed by atoms with E-state index in [9.17, 15) is 4.79 Å². The highest BCUT2D eigenvalue weighted by atomic mass is 32.2. The molecule has 1 saturated heterocycles. The molecule has 110 valence electrons. The molecule has 1 amide bonds. The Hall–Kier alpha value is -1.30. The third-order valence-electron chi connectivity index (χ3n) is 3.53. The fourth-order valence-corrected chi connectivity index (χ4v) is 4.71. The largest absolute Gasteiger partial charge is 0.383 e. The quantitative estimate of drug-likeness (QED) is 0.764. The Bertz CT molecular complexity index is 586. The molecule has 1 aliphatic heterocycles. The summed E-state index contributed by atoms with van der Waals surface area (Å²) in [6, 6.07) is 14.4. The maximum atomic E-state index is 12.4. The van der Waals surface area contributed by atoms with E-state index in [1.807, 2.05) is 29.2 Å². The van der Waals surface area contributed by atoms with E-state index in [1.54, 1.807) is 30.2 Å². The van der Waals surface area contributed by atoms with Crippen molar-refractivity contribution in [3.63, 3.8) is 0 Å². The fraction of sp³-hybridized carbons (Fsp3) is 0.312. The molecular formula is C16H17NO2S2. The number of ether oxygens (including phenoxy) is 1. The van der Waals surface area contributed by atoms with Gasteiger partial charge in [0, 0.05) is 23.4 Å². The van der Waals surface area contributed by atoms with Crippen LogP contribution >= 0.6 is 23.1 Å². The van der Waals surface area contributed by atoms with Crippen molar-refractivity contribution in [1.29, 1.82) is 0 Å². The standard InChI is InChI=1S/C16H17NO2S2/c1-19-10-9-17-14(13-8-5-11-20-13)15(16(17)18)21-12-6-3-2-4-7-12/h2-8,11,14-15H,9-10H2,1H3/t14-,15-/m0/s1. The van der Waals surface area contributed by atoms with Crippen molar-refractivity contribution in [2.45, 2.75) is 16.2 Å². The van der Waals surface area contributed by atoms with Gasteiger partial charge < -0.3 is 9.64 Å². The maximum Gasteiger partial charge on any atom is 0.239 e. The van der Waals surface area contributed by atoms with Gasteiger partial charge in [0.2, 0.25) is 5.91 Å². The van der Waals surface area contributed by atoms with Crippen molar-refractivity contribution in [3.05, 3.63) is 52.7 Å². The van der Waals surface area contributed by atoms with Gasteiger partial charge in [-0.25, -0.2) is 0 Å². The Balaban J connectivity index is 1.77. The number of β-lactam (4-membered cyclic amide) rings is 1. The molecule has 3 rings (SSSR count). The molecule has 3 nitrogen and oxygen atoms in total. The molecule has 0 aliphatic carbocycles. The van der Waals surface area contributed by atoms with E-state index in [0.29, 0.717) is 13.2 Å². The minimum absolute atomic E-state index is 0.0251. The van der Waals surface area contributed by atoms with Crippen LogP contribution in [0.5, 0.6) is 0 Å². The van der Waals surface area contributed by atoms with Crippen LogP contribution in [0.15, 0.2) is 52.7 Å². The first-order valence-corrected chi connectivity index (χ1v) is 8.61. The van der Waals surface area contributed by atoms with Crippen LogP contribution in [0.25, 0.3) is 0 Å². The minimum atomic E-state index is -0.0251. The molecule has 0 unspecified atom stereocenters. The summed E-state index contributed by atoms with van der Waals surface area (Å²) in [5, 5.41) is 2.04. The highest BCUT2D eigenvalue weighted by molar-refractivity contribution is 8.00. The molecule has 2 heterocycles. The van der Waals surface area contributed by atoms with E-state index in [0.717, 1.165) is 4.90 Å². The van der Waals surface area contributed by atoms with Gasteiger partial charge in [0.15, 0.2) is 0 Å². The zero-order chi connectivity index (χ0) is 14.7. The molecular weight excluding hydrogens is 302 g/mol. The number of amides is 1. The van der Waals surface area contributed by atoms with Gasteiger partial charge in [0.05, 0.1) is 12.6 Å². The molecule has 0 radical (unpaired) electrons. The summed E-state index contributed by atoms with van der Waals surface area (Å²) in [5.41, 5.74) is 0. The van der Waals surface area contributed by atoms with Crippen LogP contribution in [0.4, 0.5) is 0 Å². The second kappa shape index (κ2) is 6.64. The summed E-state index contributed by atoms with van der Waals surface area (Å²) < 4.78 is 5.12. The van der Waals surface area contributed by atoms with E-state index in [-0.39, 0.29) is 17.2 Å². The summed E-state index contributed by atoms with van der Waals surface area (Å²) >= 11 is 3.37. The molecule has 1 aliphatic rings. The molecule has 0 spiro atoms. The lowest BCUT2D eigenvalue weighted by Crippen LogP contribution is -2.57. The Morgan fingerprint density at radius 1 is 1.24 bits per heavy atom. The summed E-state index contributed by atoms with van der Waals surface area (Å²) in [6.45, 7) is 1.24. The average molecular weight is 319 g/mol. The van der Waals surface area contributed by atoms with Gasteiger partial charge in [-0.2, -0.15) is 0 Å². The first-order chi connectivity index (χ1) is 10.3. The normalized spacial score (nSPS) is 21.4. The summed E-state index contributed by atoms with van der Waals surface area (Å²) in [4.78, 5) is 16.7. The van der Waals surface area contributed by atoms with Crippen molar-refractivity contribution in [1.82, 2.24) is 4.90 Å². The molecule has 5 heteroatoms. The average Bonchev–Trinajstić information content (AvgIpc) is 3.03. The SMILES string of the molecule is COCCN1C(=O)[C@@H](Sc2ccccc2)[C@@H]1c1cccs1. The Morgan fingerprint density at radius 3 is 2.71 bits per heavy atom. The van der Waals surface area contributed by atoms with Gasteiger partial charge in [0.25, 0.3) is 0 Å². The molecule has 1 aromatic heterocycles. The lowest BCUT2D eigenvalue weighted by Gasteiger charge is -2.46. The number of hydrogen-bond acceptors (Lipinski definition) is 4. The Kier molecular flexibility index (Phi) is 4.63. The van der Waals surface area contributed by atoms with Crippen LogP contribution in [-0.4, -0.2) is 36.3 Å². The number of carbonyl (C=O) groups excluding carboxylic acids is 1. The van der Waals surface area contributed by atoms with E-state index >= 15 is 0 Å². The number of methoxy groups -OCH3 is 1. The molecule has 2 aromatic rings. The number of carbonyl (C=O) groups is 1. The number of thioether (sulfide) groups is 1. The van der Waals surface area contributed by atoms with Crippen LogP contribution in [0.3, 0.4) is 0 Å². The first-order valence-electron chi connectivity index (χ1n) is 6.86. The number of nitrogens with zero attached hydrogens (tertiary/aromatic N) is 1.